The summed E-state index contributed by atoms with van der Waals surface area (Å²) in [5.41, 5.74) is 3.09. The normalized spacial score (nSPS) is 13.1. The number of carbonyl (C=O) groups excluding carboxylic acids is 2. The lowest BCUT2D eigenvalue weighted by Crippen LogP contribution is -2.38. The molecule has 0 atom stereocenters. The molecule has 0 radical (unpaired) electrons. The van der Waals surface area contributed by atoms with Crippen LogP contribution in [0.25, 0.3) is 6.08 Å². The van der Waals surface area contributed by atoms with E-state index in [1.807, 2.05) is 42.5 Å². The second kappa shape index (κ2) is 8.84. The van der Waals surface area contributed by atoms with Gasteiger partial charge in [-0.3, -0.25) is 9.59 Å². The van der Waals surface area contributed by atoms with E-state index in [0.29, 0.717) is 28.7 Å². The van der Waals surface area contributed by atoms with Crippen LogP contribution in [-0.2, 0) is 16.1 Å². The predicted octanol–water partition coefficient (Wildman–Crippen LogP) is 4.92. The molecule has 0 saturated heterocycles. The number of amides is 2. The average Bonchev–Trinajstić information content (AvgIpc) is 2.76. The molecular formula is C24H19ClN2O3. The molecule has 150 valence electrons. The van der Waals surface area contributed by atoms with Gasteiger partial charge in [0.2, 0.25) is 5.91 Å². The van der Waals surface area contributed by atoms with Gasteiger partial charge in [0.25, 0.3) is 5.91 Å². The minimum absolute atomic E-state index is 0.00459. The van der Waals surface area contributed by atoms with Crippen LogP contribution in [0.2, 0.25) is 5.02 Å². The number of benzene rings is 3. The average molecular weight is 419 g/mol. The third-order valence-corrected chi connectivity index (χ3v) is 4.90. The molecule has 0 aromatic heterocycles. The van der Waals surface area contributed by atoms with E-state index in [2.05, 4.69) is 5.32 Å². The van der Waals surface area contributed by atoms with Gasteiger partial charge in [-0.1, -0.05) is 54.1 Å². The fourth-order valence-electron chi connectivity index (χ4n) is 3.15. The van der Waals surface area contributed by atoms with E-state index in [0.717, 1.165) is 11.1 Å². The van der Waals surface area contributed by atoms with Gasteiger partial charge in [-0.2, -0.15) is 0 Å². The number of nitrogens with zero attached hydrogens (tertiary/aromatic N) is 1. The molecule has 1 N–H and O–H groups in total. The van der Waals surface area contributed by atoms with Crippen LogP contribution in [0.1, 0.15) is 11.1 Å². The second-order valence-electron chi connectivity index (χ2n) is 6.81. The van der Waals surface area contributed by atoms with Crippen molar-refractivity contribution in [3.63, 3.8) is 0 Å². The maximum Gasteiger partial charge on any atom is 0.265 e. The highest BCUT2D eigenvalue weighted by atomic mass is 35.5. The van der Waals surface area contributed by atoms with E-state index in [4.69, 9.17) is 16.3 Å². The van der Waals surface area contributed by atoms with Crippen molar-refractivity contribution in [1.29, 1.82) is 0 Å². The minimum atomic E-state index is -0.275. The number of anilines is 2. The third-order valence-electron chi connectivity index (χ3n) is 4.65. The Kier molecular flexibility index (Phi) is 5.82. The summed E-state index contributed by atoms with van der Waals surface area (Å²) in [5.74, 6) is 0.209. The zero-order valence-corrected chi connectivity index (χ0v) is 16.8. The first-order chi connectivity index (χ1) is 14.6. The van der Waals surface area contributed by atoms with Crippen molar-refractivity contribution in [2.24, 2.45) is 0 Å². The van der Waals surface area contributed by atoms with Gasteiger partial charge in [0.1, 0.15) is 5.75 Å². The maximum atomic E-state index is 12.5. The van der Waals surface area contributed by atoms with Gasteiger partial charge in [-0.15, -0.1) is 0 Å². The smallest absolute Gasteiger partial charge is 0.265 e. The molecule has 6 heteroatoms. The number of rotatable bonds is 5. The third kappa shape index (κ3) is 4.70. The van der Waals surface area contributed by atoms with E-state index >= 15 is 0 Å². The molecule has 1 heterocycles. The van der Waals surface area contributed by atoms with E-state index in [-0.39, 0.29) is 18.4 Å². The van der Waals surface area contributed by atoms with Gasteiger partial charge < -0.3 is 15.0 Å². The van der Waals surface area contributed by atoms with E-state index in [1.54, 1.807) is 41.3 Å². The van der Waals surface area contributed by atoms with E-state index < -0.39 is 0 Å². The Bertz CT molecular complexity index is 1100. The van der Waals surface area contributed by atoms with Gasteiger partial charge in [0.05, 0.1) is 12.2 Å². The Morgan fingerprint density at radius 2 is 1.83 bits per heavy atom. The number of ether oxygens (including phenoxy) is 1. The Morgan fingerprint density at radius 3 is 2.60 bits per heavy atom. The summed E-state index contributed by atoms with van der Waals surface area (Å²) in [4.78, 5) is 26.5. The summed E-state index contributed by atoms with van der Waals surface area (Å²) in [6.45, 7) is 0.430. The number of nitrogens with one attached hydrogen (secondary N) is 1. The second-order valence-corrected chi connectivity index (χ2v) is 7.25. The van der Waals surface area contributed by atoms with Gasteiger partial charge in [0, 0.05) is 16.8 Å². The van der Waals surface area contributed by atoms with Crippen LogP contribution >= 0.6 is 11.6 Å². The fourth-order valence-corrected chi connectivity index (χ4v) is 3.27. The molecule has 3 aromatic carbocycles. The van der Waals surface area contributed by atoms with Crippen molar-refractivity contribution in [2.75, 3.05) is 16.8 Å². The number of hydrogen-bond donors (Lipinski definition) is 1. The van der Waals surface area contributed by atoms with Crippen LogP contribution in [0.15, 0.2) is 78.9 Å². The highest BCUT2D eigenvalue weighted by molar-refractivity contribution is 6.30. The van der Waals surface area contributed by atoms with Crippen LogP contribution in [-0.4, -0.2) is 18.4 Å². The molecule has 30 heavy (non-hydrogen) atoms. The molecule has 0 unspecified atom stereocenters. The quantitative estimate of drug-likeness (QED) is 0.598. The molecular weight excluding hydrogens is 400 g/mol. The molecule has 1 aliphatic rings. The van der Waals surface area contributed by atoms with Crippen LogP contribution in [0.4, 0.5) is 11.4 Å². The zero-order chi connectivity index (χ0) is 20.9. The Balaban J connectivity index is 1.51. The summed E-state index contributed by atoms with van der Waals surface area (Å²) in [6, 6.07) is 22.2. The summed E-state index contributed by atoms with van der Waals surface area (Å²) in [7, 11) is 0. The number of halogens is 1. The minimum Gasteiger partial charge on any atom is -0.482 e. The Labute approximate surface area is 179 Å². The first-order valence-electron chi connectivity index (χ1n) is 9.44. The number of hydrogen-bond acceptors (Lipinski definition) is 3. The molecule has 3 aromatic rings. The molecule has 0 spiro atoms. The summed E-state index contributed by atoms with van der Waals surface area (Å²) in [5, 5.41) is 3.47. The standard InChI is InChI=1S/C24H19ClN2O3/c25-19-9-6-17(7-10-19)8-13-23(28)26-20-11-12-22-21(14-20)27(24(29)16-30-22)15-18-4-2-1-3-5-18/h1-14H,15-16H2,(H,26,28)/b13-8+. The van der Waals surface area contributed by atoms with E-state index in [9.17, 15) is 9.59 Å². The molecule has 0 fully saturated rings. The van der Waals surface area contributed by atoms with Crippen LogP contribution in [0, 0.1) is 0 Å². The largest absolute Gasteiger partial charge is 0.482 e. The highest BCUT2D eigenvalue weighted by Gasteiger charge is 2.26. The molecule has 0 bridgehead atoms. The molecule has 2 amide bonds. The van der Waals surface area contributed by atoms with Crippen molar-refractivity contribution in [3.8, 4) is 5.75 Å². The number of carbonyl (C=O) groups is 2. The fraction of sp³-hybridized carbons (Fsp3) is 0.0833. The lowest BCUT2D eigenvalue weighted by atomic mass is 10.1. The molecule has 1 aliphatic heterocycles. The summed E-state index contributed by atoms with van der Waals surface area (Å²) < 4.78 is 5.55. The highest BCUT2D eigenvalue weighted by Crippen LogP contribution is 2.35. The number of fused-ring (bicyclic) bond motifs is 1. The van der Waals surface area contributed by atoms with Crippen LogP contribution in [0.5, 0.6) is 5.75 Å². The van der Waals surface area contributed by atoms with Gasteiger partial charge in [-0.05, 0) is 47.5 Å². The lowest BCUT2D eigenvalue weighted by Gasteiger charge is -2.30. The first-order valence-corrected chi connectivity index (χ1v) is 9.82. The maximum absolute atomic E-state index is 12.5. The monoisotopic (exact) mass is 418 g/mol. The Morgan fingerprint density at radius 1 is 1.07 bits per heavy atom. The molecule has 5 nitrogen and oxygen atoms in total. The van der Waals surface area contributed by atoms with Crippen molar-refractivity contribution in [1.82, 2.24) is 0 Å². The molecule has 0 aliphatic carbocycles. The van der Waals surface area contributed by atoms with Crippen LogP contribution in [0.3, 0.4) is 0 Å². The topological polar surface area (TPSA) is 58.6 Å². The van der Waals surface area contributed by atoms with Crippen molar-refractivity contribution in [2.45, 2.75) is 6.54 Å². The molecule has 0 saturated carbocycles. The van der Waals surface area contributed by atoms with Crippen LogP contribution < -0.4 is 15.0 Å². The van der Waals surface area contributed by atoms with Crippen molar-refractivity contribution < 1.29 is 14.3 Å². The van der Waals surface area contributed by atoms with Crippen molar-refractivity contribution in [3.05, 3.63) is 95.0 Å². The van der Waals surface area contributed by atoms with Gasteiger partial charge in [-0.25, -0.2) is 0 Å². The van der Waals surface area contributed by atoms with Crippen molar-refractivity contribution >= 4 is 40.9 Å². The predicted molar refractivity (Wildman–Crippen MR) is 119 cm³/mol. The van der Waals surface area contributed by atoms with Gasteiger partial charge in [0.15, 0.2) is 6.61 Å². The summed E-state index contributed by atoms with van der Waals surface area (Å²) in [6.07, 6.45) is 3.16. The van der Waals surface area contributed by atoms with Gasteiger partial charge >= 0.3 is 0 Å². The van der Waals surface area contributed by atoms with E-state index in [1.165, 1.54) is 6.08 Å². The first kappa shape index (κ1) is 19.7. The zero-order valence-electron chi connectivity index (χ0n) is 16.0. The molecule has 4 rings (SSSR count). The Hall–Kier alpha value is -3.57. The lowest BCUT2D eigenvalue weighted by molar-refractivity contribution is -0.121. The summed E-state index contributed by atoms with van der Waals surface area (Å²) >= 11 is 5.87. The SMILES string of the molecule is O=C(/C=C/c1ccc(Cl)cc1)Nc1ccc2c(c1)N(Cc1ccccc1)C(=O)CO2.